The van der Waals surface area contributed by atoms with Crippen LogP contribution in [0.3, 0.4) is 0 Å². The van der Waals surface area contributed by atoms with Crippen LogP contribution in [0, 0.1) is 22.7 Å². The summed E-state index contributed by atoms with van der Waals surface area (Å²) >= 11 is 1.35. The minimum atomic E-state index is -3.73. The van der Waals surface area contributed by atoms with E-state index in [1.165, 1.54) is 26.6 Å². The van der Waals surface area contributed by atoms with Crippen LogP contribution in [-0.4, -0.2) is 97.4 Å². The number of sulfonamides is 1. The van der Waals surface area contributed by atoms with Gasteiger partial charge in [0.2, 0.25) is 34.0 Å². The molecule has 2 aliphatic heterocycles. The van der Waals surface area contributed by atoms with Crippen molar-refractivity contribution in [3.8, 4) is 0 Å². The molecule has 1 aromatic heterocycles. The summed E-state index contributed by atoms with van der Waals surface area (Å²) in [4.78, 5) is 69.4. The fraction of sp³-hybridized carbons (Fsp3) is 0.676. The Morgan fingerprint density at radius 3 is 2.31 bits per heavy atom. The zero-order valence-corrected chi connectivity index (χ0v) is 31.6. The molecule has 1 saturated carbocycles. The summed E-state index contributed by atoms with van der Waals surface area (Å²) in [5.41, 5.74) is -1.46. The zero-order valence-electron chi connectivity index (χ0n) is 30.0. The maximum atomic E-state index is 14.4. The van der Waals surface area contributed by atoms with E-state index in [9.17, 15) is 41.2 Å². The average molecular weight is 757 g/mol. The van der Waals surface area contributed by atoms with Crippen molar-refractivity contribution in [2.24, 2.45) is 22.7 Å². The highest BCUT2D eigenvalue weighted by atomic mass is 32.2. The van der Waals surface area contributed by atoms with Crippen molar-refractivity contribution in [3.63, 3.8) is 0 Å². The van der Waals surface area contributed by atoms with Gasteiger partial charge in [0.15, 0.2) is 0 Å². The highest BCUT2D eigenvalue weighted by Gasteiger charge is 2.52. The van der Waals surface area contributed by atoms with Crippen molar-refractivity contribution in [2.75, 3.05) is 19.6 Å². The Balaban J connectivity index is 1.53. The number of hydrogen-bond donors (Lipinski definition) is 4. The fourth-order valence-corrected chi connectivity index (χ4v) is 9.98. The van der Waals surface area contributed by atoms with Crippen LogP contribution < -0.4 is 21.3 Å². The van der Waals surface area contributed by atoms with Crippen LogP contribution in [-0.2, 0) is 35.7 Å². The molecule has 6 atom stereocenters. The molecule has 13 nitrogen and oxygen atoms in total. The standard InChI is InChI=1S/C34H50F2N6O7S2/c1-8-13-37-30(45)27(43)21(15-25(35)36)38-29(44)26-20-11-9-10-19(20)16-42(26)31(46)28(34(5,6)7)40-32(47)39-24(33(2,3)4)18-41-17-22-23(12-14-50-22)51(41,48)49/h8,12,14,19-21,24-26,28H,1,9-11,13,15-18H2,2-7H3,(H,37,45)(H,38,44)(H2,39,40,47)/t19-,20-,21-,24+,26-,28+/m0/s1. The summed E-state index contributed by atoms with van der Waals surface area (Å²) in [6, 6.07) is -3.88. The SMILES string of the molecule is C=CCNC(=O)C(=O)[C@H](CC(F)F)NC(=O)[C@@H]1[C@H]2CCC[C@H]2CN1C(=O)[C@@H](NC(=O)N[C@H](CN1Cc2sccc2S1(=O)=O)C(C)(C)C)C(C)(C)C. The number of hydrogen-bond acceptors (Lipinski definition) is 8. The predicted molar refractivity (Wildman–Crippen MR) is 187 cm³/mol. The lowest BCUT2D eigenvalue weighted by Crippen LogP contribution is -2.62. The lowest BCUT2D eigenvalue weighted by Gasteiger charge is -2.38. The second-order valence-electron chi connectivity index (χ2n) is 15.7. The van der Waals surface area contributed by atoms with Crippen LogP contribution >= 0.6 is 11.3 Å². The topological polar surface area (TPSA) is 174 Å². The van der Waals surface area contributed by atoms with E-state index < -0.39 is 87.4 Å². The summed E-state index contributed by atoms with van der Waals surface area (Å²) in [5, 5.41) is 12.0. The minimum absolute atomic E-state index is 0.00334. The molecule has 0 bridgehead atoms. The number of fused-ring (bicyclic) bond motifs is 2. The second-order valence-corrected chi connectivity index (χ2v) is 18.6. The third-order valence-electron chi connectivity index (χ3n) is 9.89. The lowest BCUT2D eigenvalue weighted by molar-refractivity contribution is -0.145. The number of alkyl halides is 2. The van der Waals surface area contributed by atoms with Gasteiger partial charge < -0.3 is 26.2 Å². The third kappa shape index (κ3) is 9.14. The summed E-state index contributed by atoms with van der Waals surface area (Å²) < 4.78 is 54.8. The molecule has 0 spiro atoms. The van der Waals surface area contributed by atoms with E-state index in [1.807, 2.05) is 20.8 Å². The van der Waals surface area contributed by atoms with Gasteiger partial charge in [-0.2, -0.15) is 4.31 Å². The Morgan fingerprint density at radius 1 is 1.04 bits per heavy atom. The van der Waals surface area contributed by atoms with Crippen LogP contribution in [0.4, 0.5) is 13.6 Å². The van der Waals surface area contributed by atoms with Gasteiger partial charge in [-0.1, -0.05) is 54.0 Å². The Morgan fingerprint density at radius 2 is 1.73 bits per heavy atom. The van der Waals surface area contributed by atoms with Gasteiger partial charge in [-0.05, 0) is 47.0 Å². The second kappa shape index (κ2) is 15.7. The summed E-state index contributed by atoms with van der Waals surface area (Å²) in [7, 11) is -3.73. The molecule has 0 aromatic carbocycles. The van der Waals surface area contributed by atoms with Crippen LogP contribution in [0.5, 0.6) is 0 Å². The van der Waals surface area contributed by atoms with Gasteiger partial charge in [-0.25, -0.2) is 22.0 Å². The first-order valence-electron chi connectivity index (χ1n) is 17.1. The molecule has 4 rings (SSSR count). The van der Waals surface area contributed by atoms with Gasteiger partial charge in [0, 0.05) is 43.5 Å². The molecule has 5 amide bonds. The first-order valence-corrected chi connectivity index (χ1v) is 19.4. The minimum Gasteiger partial charge on any atom is -0.346 e. The maximum Gasteiger partial charge on any atom is 0.315 e. The molecule has 1 saturated heterocycles. The number of thiophene rings is 1. The Bertz CT molecular complexity index is 1620. The number of halogens is 2. The largest absolute Gasteiger partial charge is 0.346 e. The number of nitrogens with zero attached hydrogens (tertiary/aromatic N) is 2. The highest BCUT2D eigenvalue weighted by molar-refractivity contribution is 7.89. The molecule has 4 N–H and O–H groups in total. The van der Waals surface area contributed by atoms with Crippen molar-refractivity contribution in [2.45, 2.75) is 109 Å². The number of nitrogens with one attached hydrogen (secondary N) is 4. The molecule has 3 heterocycles. The van der Waals surface area contributed by atoms with E-state index >= 15 is 0 Å². The van der Waals surface area contributed by atoms with Gasteiger partial charge in [0.05, 0.1) is 4.90 Å². The molecule has 0 unspecified atom stereocenters. The summed E-state index contributed by atoms with van der Waals surface area (Å²) in [6.07, 6.45) is -0.663. The van der Waals surface area contributed by atoms with Crippen molar-refractivity contribution < 1.29 is 41.2 Å². The first kappa shape index (κ1) is 40.3. The molecule has 3 aliphatic rings. The van der Waals surface area contributed by atoms with E-state index in [-0.39, 0.29) is 42.9 Å². The fourth-order valence-electron chi connectivity index (χ4n) is 7.05. The molecule has 17 heteroatoms. The Labute approximate surface area is 302 Å². The number of carbonyl (C=O) groups is 5. The number of Topliss-reactive ketones (excluding diaryl/α,β-unsaturated/α-hetero) is 1. The van der Waals surface area contributed by atoms with Crippen LogP contribution in [0.1, 0.15) is 72.1 Å². The number of amides is 5. The molecule has 0 radical (unpaired) electrons. The van der Waals surface area contributed by atoms with E-state index in [4.69, 9.17) is 0 Å². The Kier molecular flexibility index (Phi) is 12.4. The van der Waals surface area contributed by atoms with Crippen molar-refractivity contribution in [1.29, 1.82) is 0 Å². The molecule has 1 aliphatic carbocycles. The van der Waals surface area contributed by atoms with Gasteiger partial charge in [0.25, 0.3) is 5.91 Å². The molecule has 51 heavy (non-hydrogen) atoms. The number of carbonyl (C=O) groups excluding carboxylic acids is 5. The smallest absolute Gasteiger partial charge is 0.315 e. The quantitative estimate of drug-likeness (QED) is 0.177. The van der Waals surface area contributed by atoms with Gasteiger partial charge in [-0.3, -0.25) is 19.2 Å². The van der Waals surface area contributed by atoms with E-state index in [2.05, 4.69) is 27.8 Å². The van der Waals surface area contributed by atoms with Crippen molar-refractivity contribution in [1.82, 2.24) is 30.5 Å². The lowest BCUT2D eigenvalue weighted by atomic mass is 9.85. The summed E-state index contributed by atoms with van der Waals surface area (Å²) in [5.74, 6) is -4.13. The van der Waals surface area contributed by atoms with Crippen LogP contribution in [0.25, 0.3) is 0 Å². The number of urea groups is 1. The molecular formula is C34H50F2N6O7S2. The molecular weight excluding hydrogens is 707 g/mol. The van der Waals surface area contributed by atoms with Gasteiger partial charge >= 0.3 is 6.03 Å². The molecule has 1 aromatic rings. The number of ketones is 1. The number of rotatable bonds is 13. The predicted octanol–water partition coefficient (Wildman–Crippen LogP) is 3.02. The highest BCUT2D eigenvalue weighted by Crippen LogP contribution is 2.43. The monoisotopic (exact) mass is 756 g/mol. The molecule has 2 fully saturated rings. The van der Waals surface area contributed by atoms with E-state index in [1.54, 1.807) is 32.2 Å². The maximum absolute atomic E-state index is 14.4. The summed E-state index contributed by atoms with van der Waals surface area (Å²) in [6.45, 7) is 14.6. The first-order chi connectivity index (χ1) is 23.7. The zero-order chi connectivity index (χ0) is 38.1. The average Bonchev–Trinajstić information content (AvgIpc) is 3.79. The van der Waals surface area contributed by atoms with Crippen LogP contribution in [0.15, 0.2) is 29.0 Å². The van der Waals surface area contributed by atoms with Gasteiger partial charge in [-0.15, -0.1) is 17.9 Å². The molecule has 284 valence electrons. The normalized spacial score (nSPS) is 23.2. The van der Waals surface area contributed by atoms with Crippen molar-refractivity contribution in [3.05, 3.63) is 29.0 Å². The number of likely N-dealkylation sites (tertiary alicyclic amines) is 1. The van der Waals surface area contributed by atoms with Crippen LogP contribution in [0.2, 0.25) is 0 Å². The van der Waals surface area contributed by atoms with E-state index in [0.29, 0.717) is 6.42 Å². The van der Waals surface area contributed by atoms with E-state index in [0.717, 1.165) is 17.7 Å². The van der Waals surface area contributed by atoms with Crippen molar-refractivity contribution >= 4 is 50.9 Å². The Hall–Kier alpha value is -3.44. The van der Waals surface area contributed by atoms with Gasteiger partial charge in [0.1, 0.15) is 18.1 Å². The third-order valence-corrected chi connectivity index (χ3v) is 12.8.